The van der Waals surface area contributed by atoms with Gasteiger partial charge >= 0.3 is 0 Å². The van der Waals surface area contributed by atoms with Crippen molar-refractivity contribution in [2.24, 2.45) is 0 Å². The Hall–Kier alpha value is -3.83. The molecule has 5 heteroatoms. The van der Waals surface area contributed by atoms with Crippen LogP contribution in [0.3, 0.4) is 0 Å². The highest BCUT2D eigenvalue weighted by atomic mass is 79.9. The Morgan fingerprint density at radius 1 is 0.594 bits per heavy atom. The summed E-state index contributed by atoms with van der Waals surface area (Å²) in [4.78, 5) is 12.8. The fraction of sp³-hybridized carbons (Fsp3) is 0. The summed E-state index contributed by atoms with van der Waals surface area (Å²) in [5.74, 6) is -1.95. The molecular formula is C27H17BrN4. The molecule has 2 aromatic heterocycles. The van der Waals surface area contributed by atoms with Crippen LogP contribution in [0.25, 0.3) is 50.5 Å². The molecule has 0 unspecified atom stereocenters. The third-order valence-corrected chi connectivity index (χ3v) is 4.79. The van der Waals surface area contributed by atoms with Crippen molar-refractivity contribution >= 4 is 37.7 Å². The minimum absolute atomic E-state index is 0.160. The third kappa shape index (κ3) is 3.18. The smallest absolute Gasteiger partial charge is 0.238 e. The van der Waals surface area contributed by atoms with Gasteiger partial charge in [-0.25, -0.2) is 4.98 Å². The summed E-state index contributed by atoms with van der Waals surface area (Å²) in [6.45, 7) is 0. The van der Waals surface area contributed by atoms with Gasteiger partial charge in [0, 0.05) is 26.4 Å². The van der Waals surface area contributed by atoms with Gasteiger partial charge in [-0.2, -0.15) is 9.97 Å². The fourth-order valence-corrected chi connectivity index (χ4v) is 3.40. The van der Waals surface area contributed by atoms with Crippen molar-refractivity contribution in [1.29, 1.82) is 0 Å². The van der Waals surface area contributed by atoms with Gasteiger partial charge in [-0.05, 0) is 24.2 Å². The molecule has 0 saturated heterocycles. The highest BCUT2D eigenvalue weighted by Gasteiger charge is 2.17. The number of benzene rings is 4. The fourth-order valence-electron chi connectivity index (χ4n) is 3.10. The Morgan fingerprint density at radius 2 is 1.16 bits per heavy atom. The van der Waals surface area contributed by atoms with E-state index in [0.29, 0.717) is 0 Å². The van der Waals surface area contributed by atoms with Gasteiger partial charge in [0.2, 0.25) is 5.95 Å². The van der Waals surface area contributed by atoms with Crippen LogP contribution in [0, 0.1) is 0 Å². The maximum absolute atomic E-state index is 8.86. The zero-order valence-electron chi connectivity index (χ0n) is 32.7. The molecule has 0 atom stereocenters. The lowest BCUT2D eigenvalue weighted by atomic mass is 10.2. The molecule has 152 valence electrons. The highest BCUT2D eigenvalue weighted by Crippen LogP contribution is 2.33. The summed E-state index contributed by atoms with van der Waals surface area (Å²) in [7, 11) is 0. The van der Waals surface area contributed by atoms with E-state index >= 15 is 0 Å². The molecule has 4 aromatic carbocycles. The average molecular weight is 494 g/mol. The van der Waals surface area contributed by atoms with Crippen LogP contribution in [0.4, 0.5) is 0 Å². The van der Waals surface area contributed by atoms with Crippen LogP contribution in [0.15, 0.2) is 107 Å². The van der Waals surface area contributed by atoms with Gasteiger partial charge in [0.15, 0.2) is 11.6 Å². The molecule has 4 nitrogen and oxygen atoms in total. The van der Waals surface area contributed by atoms with Crippen LogP contribution < -0.4 is 0 Å². The number of hydrogen-bond donors (Lipinski definition) is 0. The quantitative estimate of drug-likeness (QED) is 0.264. The molecular weight excluding hydrogens is 460 g/mol. The second-order valence-corrected chi connectivity index (χ2v) is 7.05. The van der Waals surface area contributed by atoms with Crippen LogP contribution in [-0.2, 0) is 0 Å². The van der Waals surface area contributed by atoms with Crippen LogP contribution in [0.1, 0.15) is 23.3 Å². The Balaban J connectivity index is 1.92. The third-order valence-electron chi connectivity index (χ3n) is 4.40. The summed E-state index contributed by atoms with van der Waals surface area (Å²) < 4.78 is 144. The number of halogens is 1. The van der Waals surface area contributed by atoms with Gasteiger partial charge in [0.05, 0.1) is 34.3 Å². The van der Waals surface area contributed by atoms with Gasteiger partial charge in [-0.1, -0.05) is 94.5 Å². The van der Waals surface area contributed by atoms with Crippen molar-refractivity contribution in [3.8, 4) is 28.7 Å². The molecule has 0 amide bonds. The van der Waals surface area contributed by atoms with E-state index in [9.17, 15) is 0 Å². The topological polar surface area (TPSA) is 43.6 Å². The van der Waals surface area contributed by atoms with E-state index in [1.807, 2.05) is 0 Å². The summed E-state index contributed by atoms with van der Waals surface area (Å²) in [6, 6.07) is -11.9. The number of nitrogens with zero attached hydrogens (tertiary/aromatic N) is 4. The molecule has 0 bridgehead atoms. The largest absolute Gasteiger partial charge is 0.278 e. The second kappa shape index (κ2) is 7.70. The first-order valence-electron chi connectivity index (χ1n) is 17.5. The van der Waals surface area contributed by atoms with Gasteiger partial charge in [-0.3, -0.25) is 4.57 Å². The zero-order valence-corrected chi connectivity index (χ0v) is 17.3. The SMILES string of the molecule is [2H]c1c([2H])c([2H])c(-c2nc(-c3c([2H])c([2H])c([2H])c([2H])c3[2H])nc(-n3c4c([2H])c([2H])c([2H])c([2H])c4c4c([2H])c(Br)c([2H])c([2H])c43)n2)c([2H])c1[2H]. The molecule has 0 fully saturated rings. The first kappa shape index (κ1) is 8.26. The Morgan fingerprint density at radius 3 is 1.81 bits per heavy atom. The van der Waals surface area contributed by atoms with Gasteiger partial charge in [0.25, 0.3) is 0 Å². The predicted octanol–water partition coefficient (Wildman–Crippen LogP) is 7.07. The number of para-hydroxylation sites is 1. The van der Waals surface area contributed by atoms with E-state index in [0.717, 1.165) is 4.57 Å². The zero-order chi connectivity index (χ0) is 36.3. The van der Waals surface area contributed by atoms with Gasteiger partial charge in [-0.15, -0.1) is 0 Å². The standard InChI is InChI=1S/C27H17BrN4/c28-20-15-16-24-22(17-20)21-13-7-8-14-23(21)32(24)27-30-25(18-9-3-1-4-10-18)29-26(31-27)19-11-5-2-6-12-19/h1-17H/i1D,2D,3D,4D,5D,6D,7D,8D,9D,10D,11D,12D,13D,14D,15D,16D,17D. The summed E-state index contributed by atoms with van der Waals surface area (Å²) >= 11 is 3.11. The lowest BCUT2D eigenvalue weighted by Crippen LogP contribution is -2.06. The van der Waals surface area contributed by atoms with E-state index in [-0.39, 0.29) is 26.3 Å². The van der Waals surface area contributed by atoms with Gasteiger partial charge < -0.3 is 0 Å². The van der Waals surface area contributed by atoms with E-state index in [2.05, 4.69) is 30.9 Å². The van der Waals surface area contributed by atoms with Crippen molar-refractivity contribution in [3.05, 3.63) is 107 Å². The normalized spacial score (nSPS) is 18.7. The molecule has 0 aliphatic heterocycles. The molecule has 0 spiro atoms. The van der Waals surface area contributed by atoms with E-state index < -0.39 is 131 Å². The first-order valence-corrected chi connectivity index (χ1v) is 9.74. The van der Waals surface area contributed by atoms with E-state index in [4.69, 9.17) is 23.3 Å². The van der Waals surface area contributed by atoms with Crippen molar-refractivity contribution in [2.45, 2.75) is 0 Å². The number of hydrogen-bond acceptors (Lipinski definition) is 3. The average Bonchev–Trinajstić information content (AvgIpc) is 3.44. The molecule has 6 aromatic rings. The van der Waals surface area contributed by atoms with Crippen LogP contribution in [0.5, 0.6) is 0 Å². The Labute approximate surface area is 217 Å². The second-order valence-electron chi connectivity index (χ2n) is 6.25. The van der Waals surface area contributed by atoms with Crippen molar-refractivity contribution in [3.63, 3.8) is 0 Å². The first-order chi connectivity index (χ1) is 22.8. The maximum atomic E-state index is 8.86. The lowest BCUT2D eigenvalue weighted by Gasteiger charge is -2.10. The Kier molecular flexibility index (Phi) is 1.99. The lowest BCUT2D eigenvalue weighted by molar-refractivity contribution is 0.953. The summed E-state index contributed by atoms with van der Waals surface area (Å²) in [5, 5.41) is -0.460. The van der Waals surface area contributed by atoms with Crippen LogP contribution >= 0.6 is 15.9 Å². The molecule has 32 heavy (non-hydrogen) atoms. The van der Waals surface area contributed by atoms with Crippen molar-refractivity contribution in [2.75, 3.05) is 0 Å². The minimum Gasteiger partial charge on any atom is -0.278 e. The van der Waals surface area contributed by atoms with Crippen molar-refractivity contribution < 1.29 is 23.3 Å². The number of rotatable bonds is 3. The van der Waals surface area contributed by atoms with Crippen LogP contribution in [-0.4, -0.2) is 19.5 Å². The predicted molar refractivity (Wildman–Crippen MR) is 133 cm³/mol. The molecule has 6 rings (SSSR count). The molecule has 0 aliphatic rings. The van der Waals surface area contributed by atoms with E-state index in [1.54, 1.807) is 0 Å². The van der Waals surface area contributed by atoms with E-state index in [1.165, 1.54) is 0 Å². The molecule has 0 saturated carbocycles. The molecule has 2 heterocycles. The van der Waals surface area contributed by atoms with Gasteiger partial charge in [0.1, 0.15) is 0 Å². The highest BCUT2D eigenvalue weighted by molar-refractivity contribution is 9.10. The summed E-state index contributed by atoms with van der Waals surface area (Å²) in [6.07, 6.45) is 0. The van der Waals surface area contributed by atoms with Crippen LogP contribution in [0.2, 0.25) is 0 Å². The summed E-state index contributed by atoms with van der Waals surface area (Å²) in [5.41, 5.74) is -1.87. The minimum atomic E-state index is -0.774. The number of aromatic nitrogens is 4. The molecule has 0 N–H and O–H groups in total. The van der Waals surface area contributed by atoms with Crippen molar-refractivity contribution in [1.82, 2.24) is 19.5 Å². The molecule has 0 radical (unpaired) electrons. The number of fused-ring (bicyclic) bond motifs is 3. The Bertz CT molecular complexity index is 2280. The monoisotopic (exact) mass is 493 g/mol. The molecule has 0 aliphatic carbocycles. The maximum Gasteiger partial charge on any atom is 0.238 e.